The minimum atomic E-state index is -0.454. The molecule has 0 saturated carbocycles. The van der Waals surface area contributed by atoms with E-state index in [1.54, 1.807) is 6.07 Å². The molecule has 0 aliphatic rings. The number of carbonyl (C=O) groups is 1. The zero-order valence-corrected chi connectivity index (χ0v) is 9.50. The van der Waals surface area contributed by atoms with Crippen LogP contribution in [0.5, 0.6) is 11.5 Å². The van der Waals surface area contributed by atoms with Gasteiger partial charge in [0, 0.05) is 0 Å². The molecule has 0 atom stereocenters. The largest absolute Gasteiger partial charge is 0.507 e. The van der Waals surface area contributed by atoms with Gasteiger partial charge in [-0.2, -0.15) is 0 Å². The fraction of sp³-hybridized carbons (Fsp3) is 0.200. The number of carbonyl (C=O) groups excluding carboxylic acids is 1. The first-order valence-corrected chi connectivity index (χ1v) is 4.89. The van der Waals surface area contributed by atoms with E-state index in [0.717, 1.165) is 0 Å². The highest BCUT2D eigenvalue weighted by Crippen LogP contribution is 2.22. The van der Waals surface area contributed by atoms with E-state index in [-0.39, 0.29) is 22.8 Å². The van der Waals surface area contributed by atoms with Crippen molar-refractivity contribution in [2.24, 2.45) is 5.73 Å². The van der Waals surface area contributed by atoms with Crippen LogP contribution in [0.1, 0.15) is 10.4 Å². The summed E-state index contributed by atoms with van der Waals surface area (Å²) >= 11 is 4.62. The molecule has 0 bridgehead atoms. The SMILES string of the molecule is COc1ccc(O)c(C(=O)NCC(N)=S)c1. The van der Waals surface area contributed by atoms with Gasteiger partial charge in [0.15, 0.2) is 0 Å². The van der Waals surface area contributed by atoms with Crippen molar-refractivity contribution in [1.29, 1.82) is 0 Å². The van der Waals surface area contributed by atoms with Gasteiger partial charge in [-0.25, -0.2) is 0 Å². The third kappa shape index (κ3) is 3.09. The van der Waals surface area contributed by atoms with Gasteiger partial charge in [-0.3, -0.25) is 4.79 Å². The van der Waals surface area contributed by atoms with Gasteiger partial charge in [-0.15, -0.1) is 0 Å². The lowest BCUT2D eigenvalue weighted by atomic mass is 10.2. The second-order valence-corrected chi connectivity index (χ2v) is 3.56. The summed E-state index contributed by atoms with van der Waals surface area (Å²) < 4.78 is 4.94. The molecule has 0 unspecified atom stereocenters. The van der Waals surface area contributed by atoms with E-state index in [1.807, 2.05) is 0 Å². The van der Waals surface area contributed by atoms with Crippen LogP contribution in [0.15, 0.2) is 18.2 Å². The minimum Gasteiger partial charge on any atom is -0.507 e. The third-order valence-electron chi connectivity index (χ3n) is 1.87. The molecule has 0 saturated heterocycles. The summed E-state index contributed by atoms with van der Waals surface area (Å²) in [6.07, 6.45) is 0. The van der Waals surface area contributed by atoms with Crippen molar-refractivity contribution in [3.63, 3.8) is 0 Å². The van der Waals surface area contributed by atoms with Gasteiger partial charge >= 0.3 is 0 Å². The summed E-state index contributed by atoms with van der Waals surface area (Å²) in [6, 6.07) is 4.37. The van der Waals surface area contributed by atoms with Crippen LogP contribution < -0.4 is 15.8 Å². The number of phenols is 1. The highest BCUT2D eigenvalue weighted by molar-refractivity contribution is 7.80. The van der Waals surface area contributed by atoms with Crippen LogP contribution in [0.4, 0.5) is 0 Å². The molecule has 1 aromatic carbocycles. The fourth-order valence-corrected chi connectivity index (χ4v) is 1.16. The number of rotatable bonds is 4. The molecule has 1 amide bonds. The lowest BCUT2D eigenvalue weighted by Crippen LogP contribution is -2.32. The number of methoxy groups -OCH3 is 1. The number of hydrogen-bond donors (Lipinski definition) is 3. The van der Waals surface area contributed by atoms with Crippen molar-refractivity contribution in [2.75, 3.05) is 13.7 Å². The predicted molar refractivity (Wildman–Crippen MR) is 63.8 cm³/mol. The van der Waals surface area contributed by atoms with Gasteiger partial charge in [0.05, 0.1) is 24.2 Å². The zero-order valence-electron chi connectivity index (χ0n) is 8.69. The number of nitrogens with one attached hydrogen (secondary N) is 1. The molecule has 4 N–H and O–H groups in total. The van der Waals surface area contributed by atoms with Gasteiger partial charge in [-0.05, 0) is 18.2 Å². The van der Waals surface area contributed by atoms with Crippen LogP contribution in [0.25, 0.3) is 0 Å². The highest BCUT2D eigenvalue weighted by atomic mass is 32.1. The van der Waals surface area contributed by atoms with Crippen molar-refractivity contribution in [3.05, 3.63) is 23.8 Å². The quantitative estimate of drug-likeness (QED) is 0.664. The molecule has 86 valence electrons. The smallest absolute Gasteiger partial charge is 0.255 e. The van der Waals surface area contributed by atoms with Gasteiger partial charge in [0.2, 0.25) is 0 Å². The summed E-state index contributed by atoms with van der Waals surface area (Å²) in [4.78, 5) is 11.8. The Labute approximate surface area is 98.2 Å². The predicted octanol–water partition coefficient (Wildman–Crippen LogP) is 0.417. The summed E-state index contributed by atoms with van der Waals surface area (Å²) in [5, 5.41) is 12.0. The molecule has 0 aliphatic carbocycles. The molecule has 5 nitrogen and oxygen atoms in total. The monoisotopic (exact) mass is 240 g/mol. The lowest BCUT2D eigenvalue weighted by Gasteiger charge is -2.07. The molecule has 0 heterocycles. The fourth-order valence-electron chi connectivity index (χ4n) is 1.09. The van der Waals surface area contributed by atoms with E-state index < -0.39 is 5.91 Å². The Bertz CT molecular complexity index is 421. The van der Waals surface area contributed by atoms with Gasteiger partial charge < -0.3 is 20.9 Å². The Hall–Kier alpha value is -1.82. The summed E-state index contributed by atoms with van der Waals surface area (Å²) in [5.74, 6) is -0.0938. The van der Waals surface area contributed by atoms with Crippen molar-refractivity contribution in [1.82, 2.24) is 5.32 Å². The van der Waals surface area contributed by atoms with Gasteiger partial charge in [0.1, 0.15) is 11.5 Å². The van der Waals surface area contributed by atoms with E-state index in [9.17, 15) is 9.90 Å². The maximum atomic E-state index is 11.6. The highest BCUT2D eigenvalue weighted by Gasteiger charge is 2.11. The third-order valence-corrected chi connectivity index (χ3v) is 2.02. The Morgan fingerprint density at radius 3 is 2.88 bits per heavy atom. The number of thiocarbonyl (C=S) groups is 1. The topological polar surface area (TPSA) is 84.6 Å². The summed E-state index contributed by atoms with van der Waals surface area (Å²) in [7, 11) is 1.48. The molecule has 1 rings (SSSR count). The van der Waals surface area contributed by atoms with Gasteiger partial charge in [-0.1, -0.05) is 12.2 Å². The first-order valence-electron chi connectivity index (χ1n) is 4.48. The van der Waals surface area contributed by atoms with Crippen LogP contribution >= 0.6 is 12.2 Å². The van der Waals surface area contributed by atoms with Crippen LogP contribution in [-0.4, -0.2) is 29.7 Å². The molecule has 0 radical (unpaired) electrons. The Morgan fingerprint density at radius 2 is 2.31 bits per heavy atom. The molecule has 16 heavy (non-hydrogen) atoms. The van der Waals surface area contributed by atoms with E-state index >= 15 is 0 Å². The molecule has 0 aliphatic heterocycles. The number of ether oxygens (including phenoxy) is 1. The molecule has 1 aromatic rings. The van der Waals surface area contributed by atoms with E-state index in [0.29, 0.717) is 5.75 Å². The Balaban J connectivity index is 2.85. The molecular weight excluding hydrogens is 228 g/mol. The van der Waals surface area contributed by atoms with E-state index in [1.165, 1.54) is 19.2 Å². The summed E-state index contributed by atoms with van der Waals surface area (Å²) in [5.41, 5.74) is 5.36. The first kappa shape index (κ1) is 12.3. The number of benzene rings is 1. The lowest BCUT2D eigenvalue weighted by molar-refractivity contribution is 0.0956. The number of hydrogen-bond acceptors (Lipinski definition) is 4. The van der Waals surface area contributed by atoms with Crippen molar-refractivity contribution in [2.45, 2.75) is 0 Å². The average molecular weight is 240 g/mol. The minimum absolute atomic E-state index is 0.0881. The zero-order chi connectivity index (χ0) is 12.1. The standard InChI is InChI=1S/C10H12N2O3S/c1-15-6-2-3-8(13)7(4-6)10(14)12-5-9(11)16/h2-4,13H,5H2,1H3,(H2,11,16)(H,12,14). The van der Waals surface area contributed by atoms with Crippen molar-refractivity contribution in [3.8, 4) is 11.5 Å². The molecule has 0 spiro atoms. The molecule has 0 fully saturated rings. The van der Waals surface area contributed by atoms with Gasteiger partial charge in [0.25, 0.3) is 5.91 Å². The second-order valence-electron chi connectivity index (χ2n) is 3.03. The van der Waals surface area contributed by atoms with Crippen molar-refractivity contribution < 1.29 is 14.6 Å². The van der Waals surface area contributed by atoms with Crippen LogP contribution in [0.2, 0.25) is 0 Å². The van der Waals surface area contributed by atoms with E-state index in [2.05, 4.69) is 17.5 Å². The van der Waals surface area contributed by atoms with Crippen LogP contribution in [0.3, 0.4) is 0 Å². The number of amides is 1. The molecular formula is C10H12N2O3S. The van der Waals surface area contributed by atoms with E-state index in [4.69, 9.17) is 10.5 Å². The molecule has 6 heteroatoms. The number of aromatic hydroxyl groups is 1. The summed E-state index contributed by atoms with van der Waals surface area (Å²) in [6.45, 7) is 0.0881. The second kappa shape index (κ2) is 5.32. The Kier molecular flexibility index (Phi) is 4.07. The average Bonchev–Trinajstić information content (AvgIpc) is 2.26. The number of phenolic OH excluding ortho intramolecular Hbond substituents is 1. The Morgan fingerprint density at radius 1 is 1.62 bits per heavy atom. The maximum absolute atomic E-state index is 11.6. The van der Waals surface area contributed by atoms with Crippen molar-refractivity contribution >= 4 is 23.1 Å². The molecule has 0 aromatic heterocycles. The number of nitrogens with two attached hydrogens (primary N) is 1. The normalized spacial score (nSPS) is 9.56. The van der Waals surface area contributed by atoms with Crippen LogP contribution in [0, 0.1) is 0 Å². The maximum Gasteiger partial charge on any atom is 0.255 e. The van der Waals surface area contributed by atoms with Crippen LogP contribution in [-0.2, 0) is 0 Å². The first-order chi connectivity index (χ1) is 7.54.